The number of methoxy groups -OCH3 is 1. The van der Waals surface area contributed by atoms with Crippen LogP contribution in [0.3, 0.4) is 0 Å². The molecular formula is C10H12N2O4. The van der Waals surface area contributed by atoms with Crippen molar-refractivity contribution in [3.8, 4) is 0 Å². The maximum atomic E-state index is 11.1. The summed E-state index contributed by atoms with van der Waals surface area (Å²) in [5, 5.41) is 0. The Bertz CT molecular complexity index is 370. The monoisotopic (exact) mass is 224 g/mol. The van der Waals surface area contributed by atoms with Gasteiger partial charge >= 0.3 is 11.9 Å². The third-order valence-electron chi connectivity index (χ3n) is 1.71. The van der Waals surface area contributed by atoms with Crippen LogP contribution in [0.1, 0.15) is 0 Å². The Labute approximate surface area is 92.5 Å². The summed E-state index contributed by atoms with van der Waals surface area (Å²) in [6.07, 6.45) is 7.06. The molecule has 1 aromatic rings. The lowest BCUT2D eigenvalue weighted by Crippen LogP contribution is -2.09. The highest BCUT2D eigenvalue weighted by Gasteiger charge is 1.99. The number of hydrogen-bond donors (Lipinski definition) is 0. The summed E-state index contributed by atoms with van der Waals surface area (Å²) >= 11 is 0. The maximum absolute atomic E-state index is 11.1. The fourth-order valence-electron chi connectivity index (χ4n) is 0.923. The van der Waals surface area contributed by atoms with E-state index in [9.17, 15) is 9.59 Å². The minimum Gasteiger partial charge on any atom is -0.466 e. The number of hydrogen-bond acceptors (Lipinski definition) is 5. The van der Waals surface area contributed by atoms with Gasteiger partial charge in [0.2, 0.25) is 0 Å². The molecule has 6 heteroatoms. The Balaban J connectivity index is 2.20. The molecular weight excluding hydrogens is 212 g/mol. The van der Waals surface area contributed by atoms with Crippen LogP contribution in [0.4, 0.5) is 0 Å². The molecule has 6 nitrogen and oxygen atoms in total. The van der Waals surface area contributed by atoms with Gasteiger partial charge in [0.15, 0.2) is 0 Å². The number of ether oxygens (including phenoxy) is 2. The van der Waals surface area contributed by atoms with Crippen molar-refractivity contribution < 1.29 is 19.1 Å². The second kappa shape index (κ2) is 6.39. The molecule has 0 spiro atoms. The molecule has 1 aromatic heterocycles. The molecule has 1 rings (SSSR count). The zero-order valence-electron chi connectivity index (χ0n) is 8.83. The number of esters is 2. The van der Waals surface area contributed by atoms with Gasteiger partial charge in [0.1, 0.15) is 6.61 Å². The Morgan fingerprint density at radius 1 is 1.38 bits per heavy atom. The van der Waals surface area contributed by atoms with E-state index in [2.05, 4.69) is 9.72 Å². The molecule has 0 radical (unpaired) electrons. The van der Waals surface area contributed by atoms with Gasteiger partial charge in [-0.2, -0.15) is 0 Å². The Morgan fingerprint density at radius 2 is 2.12 bits per heavy atom. The molecule has 16 heavy (non-hydrogen) atoms. The zero-order chi connectivity index (χ0) is 11.8. The third kappa shape index (κ3) is 4.41. The van der Waals surface area contributed by atoms with E-state index in [-0.39, 0.29) is 6.61 Å². The van der Waals surface area contributed by atoms with Crippen molar-refractivity contribution in [1.29, 1.82) is 0 Å². The van der Waals surface area contributed by atoms with Crippen molar-refractivity contribution in [2.75, 3.05) is 13.7 Å². The van der Waals surface area contributed by atoms with Crippen LogP contribution >= 0.6 is 0 Å². The number of rotatable bonds is 5. The molecule has 0 aliphatic heterocycles. The summed E-state index contributed by atoms with van der Waals surface area (Å²) in [6.45, 7) is 0.749. The van der Waals surface area contributed by atoms with E-state index in [0.29, 0.717) is 6.54 Å². The SMILES string of the molecule is COC(=O)C=CC(=O)OCCn1ccnc1. The molecule has 0 saturated carbocycles. The van der Waals surface area contributed by atoms with Crippen molar-refractivity contribution in [3.05, 3.63) is 30.9 Å². The quantitative estimate of drug-likeness (QED) is 0.526. The summed E-state index contributed by atoms with van der Waals surface area (Å²) in [5.74, 6) is -1.17. The molecule has 0 aromatic carbocycles. The van der Waals surface area contributed by atoms with Gasteiger partial charge in [-0.1, -0.05) is 0 Å². The summed E-state index contributed by atoms with van der Waals surface area (Å²) in [6, 6.07) is 0. The predicted molar refractivity (Wildman–Crippen MR) is 54.3 cm³/mol. The van der Waals surface area contributed by atoms with Crippen LogP contribution in [0.15, 0.2) is 30.9 Å². The molecule has 0 aliphatic rings. The predicted octanol–water partition coefficient (Wildman–Crippen LogP) is 0.155. The number of aromatic nitrogens is 2. The fourth-order valence-corrected chi connectivity index (χ4v) is 0.923. The van der Waals surface area contributed by atoms with Gasteiger partial charge in [0.05, 0.1) is 20.0 Å². The number of carbonyl (C=O) groups excluding carboxylic acids is 2. The van der Waals surface area contributed by atoms with Gasteiger partial charge in [0.25, 0.3) is 0 Å². The molecule has 0 N–H and O–H groups in total. The first-order valence-corrected chi connectivity index (χ1v) is 4.61. The van der Waals surface area contributed by atoms with E-state index in [1.165, 1.54) is 7.11 Å². The summed E-state index contributed by atoms with van der Waals surface area (Å²) < 4.78 is 10.9. The third-order valence-corrected chi connectivity index (χ3v) is 1.71. The first-order chi connectivity index (χ1) is 7.72. The van der Waals surface area contributed by atoms with Crippen molar-refractivity contribution in [1.82, 2.24) is 9.55 Å². The molecule has 0 atom stereocenters. The first kappa shape index (κ1) is 12.0. The van der Waals surface area contributed by atoms with Gasteiger partial charge in [-0.25, -0.2) is 14.6 Å². The minimum absolute atomic E-state index is 0.223. The molecule has 0 fully saturated rings. The normalized spacial score (nSPS) is 10.3. The molecule has 0 bridgehead atoms. The fraction of sp³-hybridized carbons (Fsp3) is 0.300. The average Bonchev–Trinajstić information content (AvgIpc) is 2.79. The van der Waals surface area contributed by atoms with Gasteiger partial charge in [-0.15, -0.1) is 0 Å². The molecule has 0 unspecified atom stereocenters. The van der Waals surface area contributed by atoms with Crippen LogP contribution in [0, 0.1) is 0 Å². The van der Waals surface area contributed by atoms with Gasteiger partial charge in [0, 0.05) is 24.5 Å². The zero-order valence-corrected chi connectivity index (χ0v) is 8.83. The van der Waals surface area contributed by atoms with Crippen molar-refractivity contribution in [3.63, 3.8) is 0 Å². The van der Waals surface area contributed by atoms with E-state index >= 15 is 0 Å². The lowest BCUT2D eigenvalue weighted by Gasteiger charge is -2.02. The number of nitrogens with zero attached hydrogens (tertiary/aromatic N) is 2. The van der Waals surface area contributed by atoms with Crippen LogP contribution in [0.25, 0.3) is 0 Å². The van der Waals surface area contributed by atoms with Crippen molar-refractivity contribution in [2.45, 2.75) is 6.54 Å². The smallest absolute Gasteiger partial charge is 0.331 e. The van der Waals surface area contributed by atoms with Crippen LogP contribution in [0.5, 0.6) is 0 Å². The minimum atomic E-state index is -0.591. The number of imidazole rings is 1. The highest BCUT2D eigenvalue weighted by atomic mass is 16.5. The van der Waals surface area contributed by atoms with E-state index in [4.69, 9.17) is 4.74 Å². The van der Waals surface area contributed by atoms with Gasteiger partial charge < -0.3 is 14.0 Å². The molecule has 1 heterocycles. The van der Waals surface area contributed by atoms with Crippen LogP contribution in [-0.2, 0) is 25.6 Å². The van der Waals surface area contributed by atoms with Crippen LogP contribution < -0.4 is 0 Å². The second-order valence-electron chi connectivity index (χ2n) is 2.82. The van der Waals surface area contributed by atoms with E-state index in [1.54, 1.807) is 23.3 Å². The lowest BCUT2D eigenvalue weighted by molar-refractivity contribution is -0.139. The first-order valence-electron chi connectivity index (χ1n) is 4.61. The average molecular weight is 224 g/mol. The molecule has 0 saturated heterocycles. The molecule has 0 aliphatic carbocycles. The van der Waals surface area contributed by atoms with Crippen molar-refractivity contribution >= 4 is 11.9 Å². The number of carbonyl (C=O) groups is 2. The topological polar surface area (TPSA) is 70.4 Å². The highest BCUT2D eigenvalue weighted by molar-refractivity contribution is 5.91. The highest BCUT2D eigenvalue weighted by Crippen LogP contribution is 1.89. The lowest BCUT2D eigenvalue weighted by atomic mass is 10.5. The van der Waals surface area contributed by atoms with Gasteiger partial charge in [-0.05, 0) is 0 Å². The second-order valence-corrected chi connectivity index (χ2v) is 2.82. The molecule has 86 valence electrons. The van der Waals surface area contributed by atoms with Crippen LogP contribution in [0.2, 0.25) is 0 Å². The Kier molecular flexibility index (Phi) is 4.78. The van der Waals surface area contributed by atoms with Crippen molar-refractivity contribution in [2.24, 2.45) is 0 Å². The summed E-state index contributed by atoms with van der Waals surface area (Å²) in [5.41, 5.74) is 0. The Hall–Kier alpha value is -2.11. The van der Waals surface area contributed by atoms with E-state index in [1.807, 2.05) is 0 Å². The summed E-state index contributed by atoms with van der Waals surface area (Å²) in [7, 11) is 1.23. The maximum Gasteiger partial charge on any atom is 0.331 e. The van der Waals surface area contributed by atoms with Gasteiger partial charge in [-0.3, -0.25) is 0 Å². The van der Waals surface area contributed by atoms with E-state index < -0.39 is 11.9 Å². The Morgan fingerprint density at radius 3 is 2.75 bits per heavy atom. The van der Waals surface area contributed by atoms with Crippen LogP contribution in [-0.4, -0.2) is 35.2 Å². The standard InChI is InChI=1S/C10H12N2O4/c1-15-9(13)2-3-10(14)16-7-6-12-5-4-11-8-12/h2-5,8H,6-7H2,1H3. The van der Waals surface area contributed by atoms with E-state index in [0.717, 1.165) is 12.2 Å². The summed E-state index contributed by atoms with van der Waals surface area (Å²) in [4.78, 5) is 25.5. The molecule has 0 amide bonds. The largest absolute Gasteiger partial charge is 0.466 e.